The van der Waals surface area contributed by atoms with E-state index in [-0.39, 0.29) is 17.0 Å². The van der Waals surface area contributed by atoms with Gasteiger partial charge < -0.3 is 14.5 Å². The number of fused-ring (bicyclic) bond motifs is 3. The molecular formula is C45H42ClF2N7O. The fourth-order valence-corrected chi connectivity index (χ4v) is 7.96. The van der Waals surface area contributed by atoms with Gasteiger partial charge in [-0.3, -0.25) is 15.0 Å². The third-order valence-electron chi connectivity index (χ3n) is 10.6. The Bertz CT molecular complexity index is 2640. The summed E-state index contributed by atoms with van der Waals surface area (Å²) in [4.78, 5) is 28.0. The summed E-state index contributed by atoms with van der Waals surface area (Å²) in [5, 5.41) is 2.26. The number of ether oxygens (including phenoxy) is 1. The van der Waals surface area contributed by atoms with Gasteiger partial charge >= 0.3 is 0 Å². The monoisotopic (exact) mass is 769 g/mol. The lowest BCUT2D eigenvalue weighted by molar-refractivity contribution is 0.122. The van der Waals surface area contributed by atoms with Crippen LogP contribution in [0.4, 0.5) is 25.8 Å². The van der Waals surface area contributed by atoms with E-state index in [0.29, 0.717) is 21.7 Å². The van der Waals surface area contributed by atoms with Gasteiger partial charge in [0, 0.05) is 65.9 Å². The fraction of sp³-hybridized carbons (Fsp3) is 0.267. The van der Waals surface area contributed by atoms with Crippen molar-refractivity contribution < 1.29 is 13.5 Å². The number of rotatable bonds is 4. The maximum Gasteiger partial charge on any atom is 0.125 e. The first-order valence-electron chi connectivity index (χ1n) is 18.7. The standard InChI is InChI=1S/C29H30FN5O.C16H12ClFN2/c1-18-7-8-31-24(13-18)26-19(2)27(22-6-5-20(30)14-23(22)33-26)35-17-29(3,4)28-25(35)15-21(16-32-28)34-9-11-36-12-10-34;1-9-5-6-19-14(7-9)16-10(2)15(17)12-4-3-11(18)8-13(12)20-16/h5-8,13-16H,9-12,17H2,1-4H3;3-8H,1-2H3. The number of benzene rings is 2. The zero-order valence-corrected chi connectivity index (χ0v) is 33.0. The molecule has 0 spiro atoms. The van der Waals surface area contributed by atoms with Crippen LogP contribution in [0.3, 0.4) is 0 Å². The first-order chi connectivity index (χ1) is 26.9. The molecule has 0 unspecified atom stereocenters. The Morgan fingerprint density at radius 2 is 1.27 bits per heavy atom. The number of hydrogen-bond donors (Lipinski definition) is 0. The lowest BCUT2D eigenvalue weighted by atomic mass is 9.91. The van der Waals surface area contributed by atoms with Crippen molar-refractivity contribution in [2.24, 2.45) is 0 Å². The molecule has 56 heavy (non-hydrogen) atoms. The molecule has 2 aliphatic rings. The van der Waals surface area contributed by atoms with Crippen LogP contribution in [0.15, 0.2) is 85.3 Å². The first kappa shape index (κ1) is 37.3. The number of anilines is 3. The summed E-state index contributed by atoms with van der Waals surface area (Å²) in [6.07, 6.45) is 5.52. The molecule has 0 saturated carbocycles. The Morgan fingerprint density at radius 1 is 0.696 bits per heavy atom. The minimum atomic E-state index is -0.326. The molecule has 284 valence electrons. The molecule has 2 aromatic carbocycles. The fourth-order valence-electron chi connectivity index (χ4n) is 7.71. The van der Waals surface area contributed by atoms with Crippen LogP contribution in [-0.4, -0.2) is 57.8 Å². The number of hydrogen-bond acceptors (Lipinski definition) is 8. The van der Waals surface area contributed by atoms with Gasteiger partial charge in [-0.25, -0.2) is 18.7 Å². The second-order valence-corrected chi connectivity index (χ2v) is 15.6. The van der Waals surface area contributed by atoms with E-state index in [2.05, 4.69) is 51.6 Å². The van der Waals surface area contributed by atoms with Gasteiger partial charge in [0.05, 0.1) is 81.0 Å². The van der Waals surface area contributed by atoms with E-state index in [0.717, 1.165) is 106 Å². The minimum Gasteiger partial charge on any atom is -0.378 e. The second kappa shape index (κ2) is 14.8. The summed E-state index contributed by atoms with van der Waals surface area (Å²) in [6, 6.07) is 19.4. The summed E-state index contributed by atoms with van der Waals surface area (Å²) < 4.78 is 33.3. The second-order valence-electron chi connectivity index (χ2n) is 15.2. The van der Waals surface area contributed by atoms with Gasteiger partial charge in [-0.15, -0.1) is 0 Å². The van der Waals surface area contributed by atoms with Gasteiger partial charge in [0.15, 0.2) is 0 Å². The number of halogens is 3. The van der Waals surface area contributed by atoms with Gasteiger partial charge in [-0.05, 0) is 99.0 Å². The molecule has 0 radical (unpaired) electrons. The highest BCUT2D eigenvalue weighted by molar-refractivity contribution is 6.36. The molecule has 0 amide bonds. The third kappa shape index (κ3) is 7.03. The molecule has 0 N–H and O–H groups in total. The van der Waals surface area contributed by atoms with Crippen LogP contribution in [0, 0.1) is 39.3 Å². The number of pyridine rings is 5. The average Bonchev–Trinajstić information content (AvgIpc) is 3.45. The largest absolute Gasteiger partial charge is 0.378 e. The summed E-state index contributed by atoms with van der Waals surface area (Å²) in [7, 11) is 0. The number of nitrogens with zero attached hydrogens (tertiary/aromatic N) is 7. The van der Waals surface area contributed by atoms with E-state index < -0.39 is 0 Å². The van der Waals surface area contributed by atoms with Crippen LogP contribution in [0.25, 0.3) is 44.6 Å². The van der Waals surface area contributed by atoms with Crippen molar-refractivity contribution in [3.63, 3.8) is 0 Å². The Kier molecular flexibility index (Phi) is 9.88. The smallest absolute Gasteiger partial charge is 0.125 e. The Hall–Kier alpha value is -5.58. The first-order valence-corrected chi connectivity index (χ1v) is 19.1. The molecule has 0 bridgehead atoms. The topological polar surface area (TPSA) is 80.2 Å². The molecule has 8 nitrogen and oxygen atoms in total. The van der Waals surface area contributed by atoms with Crippen LogP contribution in [0.5, 0.6) is 0 Å². The summed E-state index contributed by atoms with van der Waals surface area (Å²) in [5.41, 5.74) is 12.4. The van der Waals surface area contributed by atoms with Crippen LogP contribution in [0.1, 0.15) is 41.8 Å². The minimum absolute atomic E-state index is 0.150. The molecule has 1 saturated heterocycles. The zero-order chi connectivity index (χ0) is 39.3. The van der Waals surface area contributed by atoms with Gasteiger partial charge in [0.2, 0.25) is 0 Å². The van der Waals surface area contributed by atoms with Gasteiger partial charge in [-0.1, -0.05) is 25.4 Å². The highest BCUT2D eigenvalue weighted by Gasteiger charge is 2.39. The van der Waals surface area contributed by atoms with Crippen molar-refractivity contribution in [3.8, 4) is 22.8 Å². The molecule has 9 rings (SSSR count). The predicted molar refractivity (Wildman–Crippen MR) is 221 cm³/mol. The lowest BCUT2D eigenvalue weighted by Gasteiger charge is -2.30. The summed E-state index contributed by atoms with van der Waals surface area (Å²) in [6.45, 7) is 16.4. The molecule has 1 fully saturated rings. The van der Waals surface area contributed by atoms with Crippen LogP contribution < -0.4 is 9.80 Å². The predicted octanol–water partition coefficient (Wildman–Crippen LogP) is 10.4. The maximum absolute atomic E-state index is 14.4. The number of aromatic nitrogens is 5. The van der Waals surface area contributed by atoms with E-state index >= 15 is 0 Å². The normalized spacial score (nSPS) is 14.9. The summed E-state index contributed by atoms with van der Waals surface area (Å²) in [5.74, 6) is -0.626. The van der Waals surface area contributed by atoms with Crippen molar-refractivity contribution in [2.45, 2.75) is 47.0 Å². The maximum atomic E-state index is 14.4. The molecule has 2 aliphatic heterocycles. The lowest BCUT2D eigenvalue weighted by Crippen LogP contribution is -2.36. The van der Waals surface area contributed by atoms with Gasteiger partial charge in [0.1, 0.15) is 11.6 Å². The summed E-state index contributed by atoms with van der Waals surface area (Å²) >= 11 is 6.38. The number of aryl methyl sites for hydroxylation is 2. The highest BCUT2D eigenvalue weighted by atomic mass is 35.5. The Morgan fingerprint density at radius 3 is 1.88 bits per heavy atom. The van der Waals surface area contributed by atoms with Crippen molar-refractivity contribution in [2.75, 3.05) is 42.6 Å². The van der Waals surface area contributed by atoms with Crippen molar-refractivity contribution in [1.82, 2.24) is 24.9 Å². The molecule has 11 heteroatoms. The molecule has 0 atom stereocenters. The van der Waals surface area contributed by atoms with E-state index in [4.69, 9.17) is 26.3 Å². The quantitative estimate of drug-likeness (QED) is 0.175. The van der Waals surface area contributed by atoms with E-state index in [9.17, 15) is 8.78 Å². The van der Waals surface area contributed by atoms with E-state index in [1.165, 1.54) is 24.3 Å². The number of morpholine rings is 1. The van der Waals surface area contributed by atoms with Gasteiger partial charge in [-0.2, -0.15) is 0 Å². The van der Waals surface area contributed by atoms with E-state index in [1.54, 1.807) is 18.5 Å². The molecule has 7 aromatic rings. The third-order valence-corrected chi connectivity index (χ3v) is 11.1. The Balaban J connectivity index is 0.000000186. The average molecular weight is 770 g/mol. The van der Waals surface area contributed by atoms with Crippen LogP contribution in [-0.2, 0) is 10.2 Å². The van der Waals surface area contributed by atoms with Crippen molar-refractivity contribution in [3.05, 3.63) is 130 Å². The van der Waals surface area contributed by atoms with Crippen LogP contribution in [0.2, 0.25) is 5.02 Å². The van der Waals surface area contributed by atoms with Crippen molar-refractivity contribution >= 4 is 50.5 Å². The molecule has 7 heterocycles. The molecular weight excluding hydrogens is 728 g/mol. The zero-order valence-electron chi connectivity index (χ0n) is 32.3. The molecule has 5 aromatic heterocycles. The van der Waals surface area contributed by atoms with E-state index in [1.807, 2.05) is 57.3 Å². The highest BCUT2D eigenvalue weighted by Crippen LogP contribution is 2.48. The molecule has 0 aliphatic carbocycles. The van der Waals surface area contributed by atoms with Crippen molar-refractivity contribution in [1.29, 1.82) is 0 Å². The van der Waals surface area contributed by atoms with Gasteiger partial charge in [0.25, 0.3) is 0 Å². The SMILES string of the molecule is Cc1ccnc(-c2nc3cc(F)ccc3c(Cl)c2C)c1.Cc1ccnc(-c2nc3cc(F)ccc3c(N3CC(C)(C)c4ncc(N5CCOCC5)cc43)c2C)c1. The van der Waals surface area contributed by atoms with Crippen LogP contribution >= 0.6 is 11.6 Å². The Labute approximate surface area is 330 Å².